The van der Waals surface area contributed by atoms with Gasteiger partial charge < -0.3 is 4.42 Å². The van der Waals surface area contributed by atoms with E-state index in [9.17, 15) is 13.2 Å². The number of fused-ring (bicyclic) bond motifs is 1. The Kier molecular flexibility index (Phi) is 3.47. The zero-order chi connectivity index (χ0) is 15.6. The van der Waals surface area contributed by atoms with Crippen molar-refractivity contribution in [2.75, 3.05) is 0 Å². The molecule has 0 atom stereocenters. The second kappa shape index (κ2) is 5.45. The Balaban J connectivity index is 1.85. The van der Waals surface area contributed by atoms with Crippen molar-refractivity contribution in [3.8, 4) is 0 Å². The lowest BCUT2D eigenvalue weighted by molar-refractivity contribution is 0.553. The monoisotopic (exact) mass is 318 g/mol. The Morgan fingerprint density at radius 1 is 1.23 bits per heavy atom. The first kappa shape index (κ1) is 14.0. The van der Waals surface area contributed by atoms with Crippen molar-refractivity contribution < 1.29 is 12.8 Å². The molecule has 0 amide bonds. The van der Waals surface area contributed by atoms with Gasteiger partial charge in [-0.2, -0.15) is 13.5 Å². The molecule has 3 aromatic rings. The highest BCUT2D eigenvalue weighted by Crippen LogP contribution is 2.16. The molecule has 2 N–H and O–H groups in total. The van der Waals surface area contributed by atoms with Crippen molar-refractivity contribution in [2.24, 2.45) is 5.10 Å². The van der Waals surface area contributed by atoms with E-state index in [-0.39, 0.29) is 10.5 Å². The molecule has 3 rings (SSSR count). The van der Waals surface area contributed by atoms with E-state index in [2.05, 4.69) is 19.9 Å². The molecule has 0 spiro atoms. The Morgan fingerprint density at radius 3 is 2.77 bits per heavy atom. The number of nitrogens with one attached hydrogen (secondary N) is 2. The summed E-state index contributed by atoms with van der Waals surface area (Å²) >= 11 is 0. The van der Waals surface area contributed by atoms with Crippen molar-refractivity contribution in [3.05, 3.63) is 58.8 Å². The van der Waals surface area contributed by atoms with Gasteiger partial charge in [-0.05, 0) is 29.8 Å². The second-order valence-corrected chi connectivity index (χ2v) is 5.97. The molecule has 0 saturated carbocycles. The summed E-state index contributed by atoms with van der Waals surface area (Å²) in [6.07, 6.45) is 4.49. The van der Waals surface area contributed by atoms with Crippen LogP contribution in [0, 0.1) is 0 Å². The summed E-state index contributed by atoms with van der Waals surface area (Å²) in [5.41, 5.74) is 1.28. The van der Waals surface area contributed by atoms with Gasteiger partial charge in [-0.25, -0.2) is 9.63 Å². The third kappa shape index (κ3) is 2.88. The van der Waals surface area contributed by atoms with E-state index in [0.29, 0.717) is 11.1 Å². The molecule has 9 heteroatoms. The van der Waals surface area contributed by atoms with Gasteiger partial charge >= 0.3 is 5.76 Å². The number of rotatable bonds is 4. The first-order chi connectivity index (χ1) is 10.5. The molecule has 0 aliphatic heterocycles. The van der Waals surface area contributed by atoms with Gasteiger partial charge in [0.05, 0.1) is 16.6 Å². The van der Waals surface area contributed by atoms with Crippen molar-refractivity contribution in [1.82, 2.24) is 14.8 Å². The minimum atomic E-state index is -3.85. The van der Waals surface area contributed by atoms with Gasteiger partial charge in [0.15, 0.2) is 5.58 Å². The number of sulfonamides is 1. The summed E-state index contributed by atoms with van der Waals surface area (Å²) in [4.78, 5) is 19.4. The number of nitrogens with zero attached hydrogens (tertiary/aromatic N) is 2. The predicted molar refractivity (Wildman–Crippen MR) is 79.0 cm³/mol. The number of hydrogen-bond acceptors (Lipinski definition) is 6. The summed E-state index contributed by atoms with van der Waals surface area (Å²) in [5, 5.41) is 3.68. The lowest BCUT2D eigenvalue weighted by atomic mass is 10.3. The molecule has 0 aliphatic carbocycles. The fraction of sp³-hybridized carbons (Fsp3) is 0. The van der Waals surface area contributed by atoms with Crippen molar-refractivity contribution in [2.45, 2.75) is 4.90 Å². The topological polar surface area (TPSA) is 117 Å². The molecule has 0 fully saturated rings. The van der Waals surface area contributed by atoms with E-state index in [1.807, 2.05) is 0 Å². The zero-order valence-corrected chi connectivity index (χ0v) is 11.9. The standard InChI is InChI=1S/C13H10N4O4S/c18-13-16-11-2-1-10(7-12(11)21-13)22(19,20)17-15-8-9-3-5-14-6-4-9/h1-8,17H,(H,16,18)/b15-8+. The Hall–Kier alpha value is -2.94. The maximum Gasteiger partial charge on any atom is 0.417 e. The highest BCUT2D eigenvalue weighted by molar-refractivity contribution is 7.89. The van der Waals surface area contributed by atoms with E-state index in [4.69, 9.17) is 4.42 Å². The minimum absolute atomic E-state index is 0.0605. The number of benzene rings is 1. The molecular weight excluding hydrogens is 308 g/mol. The Labute approximate surface area is 124 Å². The molecule has 22 heavy (non-hydrogen) atoms. The molecule has 0 radical (unpaired) electrons. The van der Waals surface area contributed by atoms with Gasteiger partial charge in [0, 0.05) is 18.5 Å². The SMILES string of the molecule is O=c1[nH]c2ccc(S(=O)(=O)N/N=C/c3ccncc3)cc2o1. The number of aromatic nitrogens is 2. The van der Waals surface area contributed by atoms with E-state index >= 15 is 0 Å². The van der Waals surface area contributed by atoms with E-state index < -0.39 is 15.8 Å². The molecule has 8 nitrogen and oxygen atoms in total. The molecule has 112 valence electrons. The number of aromatic amines is 1. The quantitative estimate of drug-likeness (QED) is 0.545. The van der Waals surface area contributed by atoms with Crippen LogP contribution in [-0.2, 0) is 10.0 Å². The summed E-state index contributed by atoms with van der Waals surface area (Å²) in [6.45, 7) is 0. The predicted octanol–water partition coefficient (Wildman–Crippen LogP) is 0.828. The van der Waals surface area contributed by atoms with Gasteiger partial charge in [0.1, 0.15) is 0 Å². The molecule has 2 heterocycles. The van der Waals surface area contributed by atoms with Crippen LogP contribution >= 0.6 is 0 Å². The van der Waals surface area contributed by atoms with Gasteiger partial charge in [0.25, 0.3) is 10.0 Å². The zero-order valence-electron chi connectivity index (χ0n) is 11.1. The lowest BCUT2D eigenvalue weighted by Crippen LogP contribution is -2.18. The highest BCUT2D eigenvalue weighted by atomic mass is 32.2. The van der Waals surface area contributed by atoms with Crippen LogP contribution in [0.2, 0.25) is 0 Å². The van der Waals surface area contributed by atoms with Gasteiger partial charge in [-0.3, -0.25) is 9.97 Å². The number of hydrazone groups is 1. The van der Waals surface area contributed by atoms with E-state index in [1.54, 1.807) is 24.5 Å². The van der Waals surface area contributed by atoms with Gasteiger partial charge in [-0.1, -0.05) is 0 Å². The van der Waals surface area contributed by atoms with Crippen molar-refractivity contribution >= 4 is 27.3 Å². The minimum Gasteiger partial charge on any atom is -0.408 e. The molecule has 1 aromatic carbocycles. The van der Waals surface area contributed by atoms with Crippen LogP contribution in [-0.4, -0.2) is 24.6 Å². The summed E-state index contributed by atoms with van der Waals surface area (Å²) in [6, 6.07) is 7.40. The third-order valence-electron chi connectivity index (χ3n) is 2.80. The van der Waals surface area contributed by atoms with Gasteiger partial charge in [0.2, 0.25) is 0 Å². The number of oxazole rings is 1. The number of hydrogen-bond donors (Lipinski definition) is 2. The molecule has 0 saturated heterocycles. The number of pyridine rings is 1. The normalized spacial score (nSPS) is 12.0. The Bertz CT molecular complexity index is 990. The van der Waals surface area contributed by atoms with E-state index in [0.717, 1.165) is 0 Å². The first-order valence-corrected chi connectivity index (χ1v) is 7.61. The van der Waals surface area contributed by atoms with Crippen molar-refractivity contribution in [1.29, 1.82) is 0 Å². The number of H-pyrrole nitrogens is 1. The molecular formula is C13H10N4O4S. The maximum absolute atomic E-state index is 12.1. The third-order valence-corrected chi connectivity index (χ3v) is 4.02. The highest BCUT2D eigenvalue weighted by Gasteiger charge is 2.14. The molecule has 2 aromatic heterocycles. The van der Waals surface area contributed by atoms with Crippen LogP contribution in [0.4, 0.5) is 0 Å². The lowest BCUT2D eigenvalue weighted by Gasteiger charge is -2.02. The maximum atomic E-state index is 12.1. The van der Waals surface area contributed by atoms with Gasteiger partial charge in [-0.15, -0.1) is 0 Å². The largest absolute Gasteiger partial charge is 0.417 e. The summed E-state index contributed by atoms with van der Waals surface area (Å²) in [7, 11) is -3.85. The molecule has 0 aliphatic rings. The fourth-order valence-corrected chi connectivity index (χ4v) is 2.57. The van der Waals surface area contributed by atoms with Crippen LogP contribution in [0.15, 0.2) is 61.9 Å². The van der Waals surface area contributed by atoms with Crippen LogP contribution in [0.3, 0.4) is 0 Å². The van der Waals surface area contributed by atoms with Crippen LogP contribution in [0.1, 0.15) is 5.56 Å². The summed E-state index contributed by atoms with van der Waals surface area (Å²) < 4.78 is 29.0. The first-order valence-electron chi connectivity index (χ1n) is 6.12. The smallest absolute Gasteiger partial charge is 0.408 e. The fourth-order valence-electron chi connectivity index (χ4n) is 1.77. The average molecular weight is 318 g/mol. The molecule has 0 bridgehead atoms. The molecule has 0 unspecified atom stereocenters. The van der Waals surface area contributed by atoms with Crippen LogP contribution < -0.4 is 10.6 Å². The second-order valence-electron chi connectivity index (χ2n) is 4.31. The average Bonchev–Trinajstić information content (AvgIpc) is 2.87. The van der Waals surface area contributed by atoms with E-state index in [1.165, 1.54) is 24.4 Å². The van der Waals surface area contributed by atoms with Crippen LogP contribution in [0.5, 0.6) is 0 Å². The Morgan fingerprint density at radius 2 is 2.00 bits per heavy atom. The summed E-state index contributed by atoms with van der Waals surface area (Å²) in [5.74, 6) is -0.645. The van der Waals surface area contributed by atoms with Crippen LogP contribution in [0.25, 0.3) is 11.1 Å². The van der Waals surface area contributed by atoms with Crippen molar-refractivity contribution in [3.63, 3.8) is 0 Å².